The Labute approximate surface area is 136 Å². The number of hydrogen-bond donors (Lipinski definition) is 2. The average Bonchev–Trinajstić information content (AvgIpc) is 2.57. The molecule has 0 aliphatic heterocycles. The summed E-state index contributed by atoms with van der Waals surface area (Å²) in [5.41, 5.74) is 0.708. The first-order chi connectivity index (χ1) is 11.6. The van der Waals surface area contributed by atoms with E-state index in [4.69, 9.17) is 0 Å². The molecule has 120 valence electrons. The number of carbonyl (C=O) groups is 1. The first-order valence-corrected chi connectivity index (χ1v) is 7.03. The van der Waals surface area contributed by atoms with Gasteiger partial charge in [-0.1, -0.05) is 12.1 Å². The largest absolute Gasteiger partial charge is 0.339 e. The predicted molar refractivity (Wildman–Crippen MR) is 86.1 cm³/mol. The maximum Gasteiger partial charge on any atom is 0.256 e. The molecule has 1 amide bonds. The minimum Gasteiger partial charge on any atom is -0.339 e. The number of nitrogens with zero attached hydrogens (tertiary/aromatic N) is 2. The lowest BCUT2D eigenvalue weighted by atomic mass is 10.2. The lowest BCUT2D eigenvalue weighted by Crippen LogP contribution is -2.13. The van der Waals surface area contributed by atoms with E-state index in [-0.39, 0.29) is 17.2 Å². The molecule has 1 aromatic heterocycles. The number of amides is 1. The van der Waals surface area contributed by atoms with E-state index in [0.29, 0.717) is 11.5 Å². The van der Waals surface area contributed by atoms with Crippen molar-refractivity contribution in [2.75, 3.05) is 10.6 Å². The normalized spacial score (nSPS) is 10.2. The summed E-state index contributed by atoms with van der Waals surface area (Å²) in [6, 6.07) is 14.3. The molecule has 0 spiro atoms. The fourth-order valence-corrected chi connectivity index (χ4v) is 2.00. The third-order valence-electron chi connectivity index (χ3n) is 3.09. The number of halogens is 2. The standard InChI is InChI=1S/C17H12F2N4O/c18-12-4-1-3-11(9-12)17(24)21-16-8-7-15(22-23-16)20-14-6-2-5-13(19)10-14/h1-10H,(H,20,22)(H,21,23,24). The van der Waals surface area contributed by atoms with E-state index in [0.717, 1.165) is 6.07 Å². The third kappa shape index (κ3) is 3.89. The van der Waals surface area contributed by atoms with Crippen LogP contribution in [0.5, 0.6) is 0 Å². The molecule has 0 radical (unpaired) electrons. The molecule has 2 aromatic carbocycles. The summed E-state index contributed by atoms with van der Waals surface area (Å²) in [7, 11) is 0. The van der Waals surface area contributed by atoms with Crippen LogP contribution in [-0.2, 0) is 0 Å². The summed E-state index contributed by atoms with van der Waals surface area (Å²) in [6.07, 6.45) is 0. The van der Waals surface area contributed by atoms with Crippen molar-refractivity contribution >= 4 is 23.2 Å². The molecule has 0 saturated carbocycles. The number of anilines is 3. The van der Waals surface area contributed by atoms with Crippen molar-refractivity contribution in [3.8, 4) is 0 Å². The number of benzene rings is 2. The Kier molecular flexibility index (Phi) is 4.42. The SMILES string of the molecule is O=C(Nc1ccc(Nc2cccc(F)c2)nn1)c1cccc(F)c1. The van der Waals surface area contributed by atoms with E-state index in [2.05, 4.69) is 20.8 Å². The van der Waals surface area contributed by atoms with Crippen molar-refractivity contribution in [1.29, 1.82) is 0 Å². The second kappa shape index (κ2) is 6.82. The van der Waals surface area contributed by atoms with Crippen LogP contribution in [0.1, 0.15) is 10.4 Å². The van der Waals surface area contributed by atoms with Crippen molar-refractivity contribution in [1.82, 2.24) is 10.2 Å². The van der Waals surface area contributed by atoms with Crippen LogP contribution in [-0.4, -0.2) is 16.1 Å². The van der Waals surface area contributed by atoms with Gasteiger partial charge in [0.2, 0.25) is 0 Å². The topological polar surface area (TPSA) is 66.9 Å². The summed E-state index contributed by atoms with van der Waals surface area (Å²) < 4.78 is 26.2. The quantitative estimate of drug-likeness (QED) is 0.766. The lowest BCUT2D eigenvalue weighted by Gasteiger charge is -2.07. The molecule has 0 aliphatic carbocycles. The molecule has 5 nitrogen and oxygen atoms in total. The van der Waals surface area contributed by atoms with E-state index < -0.39 is 11.7 Å². The average molecular weight is 326 g/mol. The van der Waals surface area contributed by atoms with E-state index in [1.54, 1.807) is 18.2 Å². The number of nitrogens with one attached hydrogen (secondary N) is 2. The molecule has 0 aliphatic rings. The third-order valence-corrected chi connectivity index (χ3v) is 3.09. The molecular formula is C17H12F2N4O. The van der Waals surface area contributed by atoms with Crippen molar-refractivity contribution in [2.45, 2.75) is 0 Å². The molecule has 2 N–H and O–H groups in total. The van der Waals surface area contributed by atoms with Crippen molar-refractivity contribution < 1.29 is 13.6 Å². The van der Waals surface area contributed by atoms with Gasteiger partial charge < -0.3 is 10.6 Å². The van der Waals surface area contributed by atoms with Gasteiger partial charge in [0.25, 0.3) is 5.91 Å². The fourth-order valence-electron chi connectivity index (χ4n) is 2.00. The molecule has 3 aromatic rings. The number of rotatable bonds is 4. The van der Waals surface area contributed by atoms with Crippen LogP contribution in [0.4, 0.5) is 26.1 Å². The molecule has 0 bridgehead atoms. The molecule has 1 heterocycles. The molecule has 0 fully saturated rings. The van der Waals surface area contributed by atoms with Gasteiger partial charge in [-0.2, -0.15) is 0 Å². The van der Waals surface area contributed by atoms with Gasteiger partial charge in [-0.15, -0.1) is 10.2 Å². The van der Waals surface area contributed by atoms with Gasteiger partial charge in [0, 0.05) is 11.3 Å². The van der Waals surface area contributed by atoms with Gasteiger partial charge in [-0.3, -0.25) is 4.79 Å². The van der Waals surface area contributed by atoms with Gasteiger partial charge in [-0.05, 0) is 48.5 Å². The van der Waals surface area contributed by atoms with Gasteiger partial charge >= 0.3 is 0 Å². The Morgan fingerprint density at radius 3 is 2.17 bits per heavy atom. The van der Waals surface area contributed by atoms with Crippen molar-refractivity contribution in [2.24, 2.45) is 0 Å². The second-order valence-corrected chi connectivity index (χ2v) is 4.90. The molecule has 24 heavy (non-hydrogen) atoms. The molecule has 0 saturated heterocycles. The Morgan fingerprint density at radius 2 is 1.50 bits per heavy atom. The van der Waals surface area contributed by atoms with Gasteiger partial charge in [0.05, 0.1) is 0 Å². The molecule has 0 atom stereocenters. The molecule has 0 unspecified atom stereocenters. The maximum absolute atomic E-state index is 13.1. The van der Waals surface area contributed by atoms with Gasteiger partial charge in [0.15, 0.2) is 11.6 Å². The van der Waals surface area contributed by atoms with Crippen LogP contribution in [0.15, 0.2) is 60.7 Å². The zero-order chi connectivity index (χ0) is 16.9. The Balaban J connectivity index is 1.67. The van der Waals surface area contributed by atoms with Crippen LogP contribution >= 0.6 is 0 Å². The lowest BCUT2D eigenvalue weighted by molar-refractivity contribution is 0.102. The molecule has 3 rings (SSSR count). The zero-order valence-electron chi connectivity index (χ0n) is 12.3. The second-order valence-electron chi connectivity index (χ2n) is 4.90. The summed E-state index contributed by atoms with van der Waals surface area (Å²) in [6.45, 7) is 0. The summed E-state index contributed by atoms with van der Waals surface area (Å²) in [5.74, 6) is -0.747. The van der Waals surface area contributed by atoms with Crippen LogP contribution in [0.3, 0.4) is 0 Å². The maximum atomic E-state index is 13.1. The highest BCUT2D eigenvalue weighted by Crippen LogP contribution is 2.16. The summed E-state index contributed by atoms with van der Waals surface area (Å²) in [5, 5.41) is 13.2. The van der Waals surface area contributed by atoms with Crippen LogP contribution in [0.25, 0.3) is 0 Å². The molecular weight excluding hydrogens is 314 g/mol. The van der Waals surface area contributed by atoms with Crippen LogP contribution < -0.4 is 10.6 Å². The fraction of sp³-hybridized carbons (Fsp3) is 0. The van der Waals surface area contributed by atoms with Gasteiger partial charge in [-0.25, -0.2) is 8.78 Å². The van der Waals surface area contributed by atoms with Crippen molar-refractivity contribution in [3.05, 3.63) is 77.9 Å². The highest BCUT2D eigenvalue weighted by Gasteiger charge is 2.08. The zero-order valence-corrected chi connectivity index (χ0v) is 12.3. The minimum absolute atomic E-state index is 0.179. The van der Waals surface area contributed by atoms with Crippen molar-refractivity contribution in [3.63, 3.8) is 0 Å². The highest BCUT2D eigenvalue weighted by atomic mass is 19.1. The Bertz CT molecular complexity index is 868. The number of carbonyl (C=O) groups excluding carboxylic acids is 1. The predicted octanol–water partition coefficient (Wildman–Crippen LogP) is 3.75. The Morgan fingerprint density at radius 1 is 0.833 bits per heavy atom. The monoisotopic (exact) mass is 326 g/mol. The van der Waals surface area contributed by atoms with E-state index >= 15 is 0 Å². The highest BCUT2D eigenvalue weighted by molar-refractivity contribution is 6.03. The van der Waals surface area contributed by atoms with Crippen LogP contribution in [0.2, 0.25) is 0 Å². The number of hydrogen-bond acceptors (Lipinski definition) is 4. The van der Waals surface area contributed by atoms with E-state index in [9.17, 15) is 13.6 Å². The number of aromatic nitrogens is 2. The smallest absolute Gasteiger partial charge is 0.256 e. The van der Waals surface area contributed by atoms with Crippen LogP contribution in [0, 0.1) is 11.6 Å². The minimum atomic E-state index is -0.497. The molecule has 7 heteroatoms. The Hall–Kier alpha value is -3.35. The van der Waals surface area contributed by atoms with E-state index in [1.807, 2.05) is 0 Å². The first kappa shape index (κ1) is 15.5. The van der Waals surface area contributed by atoms with E-state index in [1.165, 1.54) is 36.4 Å². The summed E-state index contributed by atoms with van der Waals surface area (Å²) >= 11 is 0. The summed E-state index contributed by atoms with van der Waals surface area (Å²) in [4.78, 5) is 12.0. The van der Waals surface area contributed by atoms with Gasteiger partial charge in [0.1, 0.15) is 11.6 Å². The first-order valence-electron chi connectivity index (χ1n) is 7.03.